The maximum atomic E-state index is 12.2. The van der Waals surface area contributed by atoms with Crippen molar-refractivity contribution in [2.75, 3.05) is 6.54 Å². The van der Waals surface area contributed by atoms with Crippen LogP contribution >= 0.6 is 0 Å². The summed E-state index contributed by atoms with van der Waals surface area (Å²) in [6.07, 6.45) is 5.44. The van der Waals surface area contributed by atoms with Gasteiger partial charge < -0.3 is 21.8 Å². The lowest BCUT2D eigenvalue weighted by atomic mass is 10.1. The summed E-state index contributed by atoms with van der Waals surface area (Å²) in [6, 6.07) is 10.1. The van der Waals surface area contributed by atoms with Gasteiger partial charge in [-0.3, -0.25) is 9.56 Å². The molecule has 8 heteroatoms. The number of fused-ring (bicyclic) bond motifs is 1. The van der Waals surface area contributed by atoms with Gasteiger partial charge in [-0.25, -0.2) is 4.79 Å². The molecule has 0 aliphatic heterocycles. The smallest absolute Gasteiger partial charge is 0.354 e. The summed E-state index contributed by atoms with van der Waals surface area (Å²) < 4.78 is 1.55. The number of nitrogens with zero attached hydrogens (tertiary/aromatic N) is 3. The SMILES string of the molecule is CCC(CCN=C(N)N)NCc1ccc(-n2cc3cc[nH]c3nc2=O)cc1. The van der Waals surface area contributed by atoms with Gasteiger partial charge in [-0.2, -0.15) is 4.98 Å². The lowest BCUT2D eigenvalue weighted by molar-refractivity contribution is 0.472. The van der Waals surface area contributed by atoms with Crippen LogP contribution in [0.3, 0.4) is 0 Å². The lowest BCUT2D eigenvalue weighted by Gasteiger charge is -2.16. The second-order valence-corrected chi connectivity index (χ2v) is 6.42. The Morgan fingerprint density at radius 1 is 1.30 bits per heavy atom. The van der Waals surface area contributed by atoms with Crippen molar-refractivity contribution in [3.8, 4) is 5.69 Å². The van der Waals surface area contributed by atoms with Crippen molar-refractivity contribution >= 4 is 17.0 Å². The van der Waals surface area contributed by atoms with Crippen LogP contribution in [0.25, 0.3) is 16.7 Å². The number of rotatable bonds is 8. The van der Waals surface area contributed by atoms with Crippen LogP contribution in [0.1, 0.15) is 25.3 Å². The maximum absolute atomic E-state index is 12.2. The highest BCUT2D eigenvalue weighted by Crippen LogP contribution is 2.12. The van der Waals surface area contributed by atoms with Gasteiger partial charge in [0.2, 0.25) is 0 Å². The van der Waals surface area contributed by atoms with Gasteiger partial charge in [0.05, 0.1) is 5.69 Å². The molecule has 0 radical (unpaired) electrons. The molecule has 6 N–H and O–H groups in total. The molecule has 1 unspecified atom stereocenters. The van der Waals surface area contributed by atoms with E-state index in [1.807, 2.05) is 30.3 Å². The van der Waals surface area contributed by atoms with Crippen molar-refractivity contribution in [3.05, 3.63) is 58.8 Å². The highest BCUT2D eigenvalue weighted by molar-refractivity contribution is 5.75. The largest absolute Gasteiger partial charge is 0.370 e. The van der Waals surface area contributed by atoms with Crippen LogP contribution in [0.2, 0.25) is 0 Å². The number of guanidine groups is 1. The third kappa shape index (κ3) is 4.73. The van der Waals surface area contributed by atoms with Crippen molar-refractivity contribution in [2.45, 2.75) is 32.4 Å². The monoisotopic (exact) mass is 367 g/mol. The fourth-order valence-corrected chi connectivity index (χ4v) is 2.94. The summed E-state index contributed by atoms with van der Waals surface area (Å²) in [7, 11) is 0. The third-order valence-corrected chi connectivity index (χ3v) is 4.51. The van der Waals surface area contributed by atoms with Gasteiger partial charge in [-0.15, -0.1) is 0 Å². The summed E-state index contributed by atoms with van der Waals surface area (Å²) in [4.78, 5) is 23.2. The summed E-state index contributed by atoms with van der Waals surface area (Å²) in [6.45, 7) is 3.49. The molecule has 2 heterocycles. The molecule has 0 saturated heterocycles. The Hall–Kier alpha value is -3.13. The van der Waals surface area contributed by atoms with Crippen LogP contribution in [-0.2, 0) is 6.54 Å². The third-order valence-electron chi connectivity index (χ3n) is 4.51. The van der Waals surface area contributed by atoms with Crippen LogP contribution in [0.5, 0.6) is 0 Å². The summed E-state index contributed by atoms with van der Waals surface area (Å²) in [5.74, 6) is 0.128. The van der Waals surface area contributed by atoms with E-state index in [0.717, 1.165) is 36.0 Å². The number of nitrogens with two attached hydrogens (primary N) is 2. The Morgan fingerprint density at radius 2 is 2.07 bits per heavy atom. The minimum atomic E-state index is -0.304. The van der Waals surface area contributed by atoms with Gasteiger partial charge in [0, 0.05) is 36.9 Å². The second kappa shape index (κ2) is 8.50. The molecule has 1 aromatic carbocycles. The van der Waals surface area contributed by atoms with Crippen molar-refractivity contribution in [1.82, 2.24) is 19.9 Å². The zero-order valence-corrected chi connectivity index (χ0v) is 15.4. The molecule has 0 aliphatic carbocycles. The van der Waals surface area contributed by atoms with E-state index in [1.165, 1.54) is 0 Å². The highest BCUT2D eigenvalue weighted by Gasteiger charge is 2.07. The van der Waals surface area contributed by atoms with E-state index in [1.54, 1.807) is 17.0 Å². The minimum Gasteiger partial charge on any atom is -0.370 e. The van der Waals surface area contributed by atoms with Crippen molar-refractivity contribution in [3.63, 3.8) is 0 Å². The molecule has 0 amide bonds. The number of benzene rings is 1. The Morgan fingerprint density at radius 3 is 2.78 bits per heavy atom. The molecule has 0 saturated carbocycles. The van der Waals surface area contributed by atoms with Gasteiger partial charge in [0.1, 0.15) is 5.65 Å². The molecule has 0 aliphatic rings. The van der Waals surface area contributed by atoms with Gasteiger partial charge in [0.25, 0.3) is 0 Å². The Balaban J connectivity index is 1.65. The fourth-order valence-electron chi connectivity index (χ4n) is 2.94. The van der Waals surface area contributed by atoms with Gasteiger partial charge >= 0.3 is 5.69 Å². The predicted molar refractivity (Wildman–Crippen MR) is 108 cm³/mol. The number of nitrogens with one attached hydrogen (secondary N) is 2. The Bertz CT molecular complexity index is 968. The average molecular weight is 367 g/mol. The normalized spacial score (nSPS) is 12.2. The number of aliphatic imine (C=N–C) groups is 1. The second-order valence-electron chi connectivity index (χ2n) is 6.42. The highest BCUT2D eigenvalue weighted by atomic mass is 16.1. The van der Waals surface area contributed by atoms with E-state index in [-0.39, 0.29) is 11.6 Å². The van der Waals surface area contributed by atoms with E-state index in [4.69, 9.17) is 11.5 Å². The molecule has 0 spiro atoms. The molecule has 8 nitrogen and oxygen atoms in total. The summed E-state index contributed by atoms with van der Waals surface area (Å²) >= 11 is 0. The van der Waals surface area contributed by atoms with Crippen LogP contribution in [0.15, 0.2) is 52.5 Å². The fraction of sp³-hybridized carbons (Fsp3) is 0.316. The first-order valence-electron chi connectivity index (χ1n) is 9.01. The van der Waals surface area contributed by atoms with Crippen molar-refractivity contribution in [1.29, 1.82) is 0 Å². The molecular formula is C19H25N7O. The number of H-pyrrole nitrogens is 1. The molecule has 27 heavy (non-hydrogen) atoms. The van der Waals surface area contributed by atoms with E-state index in [9.17, 15) is 4.79 Å². The number of hydrogen-bond donors (Lipinski definition) is 4. The van der Waals surface area contributed by atoms with Gasteiger partial charge in [0.15, 0.2) is 5.96 Å². The molecule has 1 atom stereocenters. The first-order valence-corrected chi connectivity index (χ1v) is 9.01. The number of aromatic amines is 1. The molecule has 3 rings (SSSR count). The van der Waals surface area contributed by atoms with Crippen LogP contribution in [-0.4, -0.2) is 33.1 Å². The minimum absolute atomic E-state index is 0.128. The number of hydrogen-bond acceptors (Lipinski definition) is 4. The molecule has 0 bridgehead atoms. The van der Waals surface area contributed by atoms with Gasteiger partial charge in [-0.05, 0) is 36.6 Å². The van der Waals surface area contributed by atoms with Crippen molar-refractivity contribution < 1.29 is 0 Å². The van der Waals surface area contributed by atoms with E-state index in [2.05, 4.69) is 27.2 Å². The first kappa shape index (κ1) is 18.7. The van der Waals surface area contributed by atoms with E-state index < -0.39 is 0 Å². The van der Waals surface area contributed by atoms with Crippen LogP contribution < -0.4 is 22.5 Å². The Labute approximate surface area is 157 Å². The average Bonchev–Trinajstić information content (AvgIpc) is 3.11. The molecule has 2 aromatic heterocycles. The Kier molecular flexibility index (Phi) is 5.87. The van der Waals surface area contributed by atoms with Gasteiger partial charge in [-0.1, -0.05) is 19.1 Å². The number of aromatic nitrogens is 3. The standard InChI is InChI=1S/C19H25N7O/c1-2-15(8-10-23-18(20)21)24-11-13-3-5-16(6-4-13)26-12-14-7-9-22-17(14)25-19(26)27/h3-7,9,12,15,24H,2,8,10-11H2,1H3,(H4,20,21,23)(H,22,25,27). The molecule has 3 aromatic rings. The zero-order chi connectivity index (χ0) is 19.2. The maximum Gasteiger partial charge on any atom is 0.354 e. The molecule has 0 fully saturated rings. The molecular weight excluding hydrogens is 342 g/mol. The summed E-state index contributed by atoms with van der Waals surface area (Å²) in [5.41, 5.74) is 12.9. The predicted octanol–water partition coefficient (Wildman–Crippen LogP) is 1.25. The first-order chi connectivity index (χ1) is 13.1. The molecule has 142 valence electrons. The van der Waals surface area contributed by atoms with E-state index in [0.29, 0.717) is 18.2 Å². The lowest BCUT2D eigenvalue weighted by Crippen LogP contribution is -2.29. The van der Waals surface area contributed by atoms with E-state index >= 15 is 0 Å². The van der Waals surface area contributed by atoms with Crippen molar-refractivity contribution in [2.24, 2.45) is 16.5 Å². The zero-order valence-electron chi connectivity index (χ0n) is 15.4. The summed E-state index contributed by atoms with van der Waals surface area (Å²) in [5, 5.41) is 4.41. The van der Waals surface area contributed by atoms with Crippen LogP contribution in [0.4, 0.5) is 0 Å². The quantitative estimate of drug-likeness (QED) is 0.352. The topological polar surface area (TPSA) is 127 Å². The van der Waals surface area contributed by atoms with Crippen LogP contribution in [0, 0.1) is 0 Å².